The number of nitrogens with one attached hydrogen (secondary N) is 3. The molecule has 2 atom stereocenters. The number of hydrogen-bond donors (Lipinski definition) is 4. The zero-order valence-corrected chi connectivity index (χ0v) is 22.3. The molecule has 0 saturated heterocycles. The average Bonchev–Trinajstić information content (AvgIpc) is 2.76. The molecule has 3 amide bonds. The summed E-state index contributed by atoms with van der Waals surface area (Å²) in [6.07, 6.45) is 0.692. The summed E-state index contributed by atoms with van der Waals surface area (Å²) >= 11 is 17.9. The molecule has 190 valence electrons. The smallest absolute Gasteiger partial charge is 0.255 e. The van der Waals surface area contributed by atoms with E-state index in [0.717, 1.165) is 0 Å². The summed E-state index contributed by atoms with van der Waals surface area (Å²) in [5.74, 6) is -1.68. The Morgan fingerprint density at radius 3 is 1.97 bits per heavy atom. The average molecular weight is 543 g/mol. The molecule has 0 saturated carbocycles. The monoisotopic (exact) mass is 541 g/mol. The molecule has 0 unspecified atom stereocenters. The molecule has 2 aromatic carbocycles. The SMILES string of the molecule is CC(C)C[C@H](NC(=O)c1cc(Cl)ccc1O)C(=O)N[C@@H](CC(C)C)C(=O)Nc1ccc(Cl)c(Cl)c1. The molecule has 0 fully saturated rings. The van der Waals surface area contributed by atoms with Crippen LogP contribution in [0.1, 0.15) is 50.9 Å². The molecule has 0 radical (unpaired) electrons. The van der Waals surface area contributed by atoms with E-state index in [1.54, 1.807) is 12.1 Å². The van der Waals surface area contributed by atoms with Gasteiger partial charge in [0.15, 0.2) is 0 Å². The number of amides is 3. The van der Waals surface area contributed by atoms with Gasteiger partial charge < -0.3 is 21.1 Å². The van der Waals surface area contributed by atoms with Crippen molar-refractivity contribution in [3.63, 3.8) is 0 Å². The van der Waals surface area contributed by atoms with Gasteiger partial charge in [-0.2, -0.15) is 0 Å². The number of anilines is 1. The minimum atomic E-state index is -0.937. The lowest BCUT2D eigenvalue weighted by Gasteiger charge is -2.25. The molecular formula is C25H30Cl3N3O4. The topological polar surface area (TPSA) is 108 Å². The lowest BCUT2D eigenvalue weighted by molar-refractivity contribution is -0.128. The van der Waals surface area contributed by atoms with Crippen LogP contribution in [0.5, 0.6) is 5.75 Å². The normalized spacial score (nSPS) is 12.8. The van der Waals surface area contributed by atoms with E-state index in [9.17, 15) is 19.5 Å². The lowest BCUT2D eigenvalue weighted by atomic mass is 9.99. The van der Waals surface area contributed by atoms with Crippen molar-refractivity contribution in [3.8, 4) is 5.75 Å². The van der Waals surface area contributed by atoms with Crippen molar-refractivity contribution < 1.29 is 19.5 Å². The standard InChI is InChI=1S/C25H30Cl3N3O4/c1-13(2)9-20(24(34)29-16-6-7-18(27)19(28)12-16)31-25(35)21(10-14(3)4)30-23(33)17-11-15(26)5-8-22(17)32/h5-8,11-14,20-21,32H,9-10H2,1-4H3,(H,29,34)(H,30,33)(H,31,35)/t20-,21-/m0/s1. The largest absolute Gasteiger partial charge is 0.507 e. The molecular weight excluding hydrogens is 513 g/mol. The maximum atomic E-state index is 13.2. The summed E-state index contributed by atoms with van der Waals surface area (Å²) in [6.45, 7) is 7.68. The second-order valence-corrected chi connectivity index (χ2v) is 10.4. The van der Waals surface area contributed by atoms with Gasteiger partial charge in [-0.15, -0.1) is 0 Å². The summed E-state index contributed by atoms with van der Waals surface area (Å²) in [5, 5.41) is 19.1. The molecule has 0 aromatic heterocycles. The number of aromatic hydroxyl groups is 1. The summed E-state index contributed by atoms with van der Waals surface area (Å²) in [7, 11) is 0. The van der Waals surface area contributed by atoms with E-state index in [1.165, 1.54) is 24.3 Å². The van der Waals surface area contributed by atoms with E-state index in [0.29, 0.717) is 23.6 Å². The zero-order chi connectivity index (χ0) is 26.3. The highest BCUT2D eigenvalue weighted by molar-refractivity contribution is 6.42. The maximum Gasteiger partial charge on any atom is 0.255 e. The van der Waals surface area contributed by atoms with Gasteiger partial charge in [0, 0.05) is 10.7 Å². The van der Waals surface area contributed by atoms with Gasteiger partial charge >= 0.3 is 0 Å². The van der Waals surface area contributed by atoms with Crippen LogP contribution in [0.2, 0.25) is 15.1 Å². The summed E-state index contributed by atoms with van der Waals surface area (Å²) in [4.78, 5) is 39.0. The van der Waals surface area contributed by atoms with Crippen molar-refractivity contribution in [2.45, 2.75) is 52.6 Å². The Bertz CT molecular complexity index is 1080. The van der Waals surface area contributed by atoms with Crippen LogP contribution in [0, 0.1) is 11.8 Å². The number of rotatable bonds is 10. The molecule has 2 rings (SSSR count). The van der Waals surface area contributed by atoms with Gasteiger partial charge in [0.1, 0.15) is 17.8 Å². The van der Waals surface area contributed by atoms with E-state index in [4.69, 9.17) is 34.8 Å². The Balaban J connectivity index is 2.20. The summed E-state index contributed by atoms with van der Waals surface area (Å²) < 4.78 is 0. The van der Waals surface area contributed by atoms with Crippen molar-refractivity contribution in [3.05, 3.63) is 57.0 Å². The first-order chi connectivity index (χ1) is 16.4. The lowest BCUT2D eigenvalue weighted by Crippen LogP contribution is -2.53. The van der Waals surface area contributed by atoms with Crippen LogP contribution in [-0.2, 0) is 9.59 Å². The first kappa shape index (κ1) is 28.8. The van der Waals surface area contributed by atoms with Gasteiger partial charge in [-0.3, -0.25) is 14.4 Å². The van der Waals surface area contributed by atoms with Gasteiger partial charge in [-0.25, -0.2) is 0 Å². The van der Waals surface area contributed by atoms with Crippen LogP contribution in [0.3, 0.4) is 0 Å². The van der Waals surface area contributed by atoms with Crippen LogP contribution >= 0.6 is 34.8 Å². The first-order valence-electron chi connectivity index (χ1n) is 11.2. The van der Waals surface area contributed by atoms with Gasteiger partial charge in [0.25, 0.3) is 5.91 Å². The van der Waals surface area contributed by atoms with Crippen LogP contribution in [0.25, 0.3) is 0 Å². The zero-order valence-electron chi connectivity index (χ0n) is 20.0. The van der Waals surface area contributed by atoms with E-state index in [2.05, 4.69) is 16.0 Å². The third-order valence-corrected chi connectivity index (χ3v) is 6.03. The highest BCUT2D eigenvalue weighted by Crippen LogP contribution is 2.25. The van der Waals surface area contributed by atoms with Crippen molar-refractivity contribution in [2.75, 3.05) is 5.32 Å². The highest BCUT2D eigenvalue weighted by atomic mass is 35.5. The van der Waals surface area contributed by atoms with E-state index >= 15 is 0 Å². The van der Waals surface area contributed by atoms with Gasteiger partial charge in [0.2, 0.25) is 11.8 Å². The third kappa shape index (κ3) is 8.91. The number of hydrogen-bond acceptors (Lipinski definition) is 4. The predicted molar refractivity (Wildman–Crippen MR) is 140 cm³/mol. The number of phenols is 1. The molecule has 0 heterocycles. The van der Waals surface area contributed by atoms with E-state index in [1.807, 2.05) is 27.7 Å². The maximum absolute atomic E-state index is 13.2. The molecule has 0 bridgehead atoms. The quantitative estimate of drug-likeness (QED) is 0.310. The predicted octanol–water partition coefficient (Wildman–Crippen LogP) is 5.67. The van der Waals surface area contributed by atoms with Crippen molar-refractivity contribution >= 4 is 58.2 Å². The van der Waals surface area contributed by atoms with Crippen LogP contribution in [0.15, 0.2) is 36.4 Å². The molecule has 2 aromatic rings. The molecule has 7 nitrogen and oxygen atoms in total. The number of phenolic OH excluding ortho intramolecular Hbond substituents is 1. The Morgan fingerprint density at radius 1 is 0.800 bits per heavy atom. The molecule has 0 aliphatic heterocycles. The Hall–Kier alpha value is -2.48. The summed E-state index contributed by atoms with van der Waals surface area (Å²) in [5.41, 5.74) is 0.394. The number of carbonyl (C=O) groups excluding carboxylic acids is 3. The Kier molecular flexibility index (Phi) is 10.7. The van der Waals surface area contributed by atoms with Crippen LogP contribution in [-0.4, -0.2) is 34.9 Å². The van der Waals surface area contributed by atoms with Gasteiger partial charge in [0.05, 0.1) is 15.6 Å². The van der Waals surface area contributed by atoms with Gasteiger partial charge in [-0.05, 0) is 61.1 Å². The fourth-order valence-electron chi connectivity index (χ4n) is 3.41. The van der Waals surface area contributed by atoms with E-state index in [-0.39, 0.29) is 33.2 Å². The minimum Gasteiger partial charge on any atom is -0.507 e. The minimum absolute atomic E-state index is 0.0462. The Morgan fingerprint density at radius 2 is 1.40 bits per heavy atom. The molecule has 0 aliphatic carbocycles. The molecule has 0 aliphatic rings. The van der Waals surface area contributed by atoms with Crippen LogP contribution in [0.4, 0.5) is 5.69 Å². The second-order valence-electron chi connectivity index (χ2n) is 9.13. The number of halogens is 3. The fourth-order valence-corrected chi connectivity index (χ4v) is 3.88. The molecule has 10 heteroatoms. The Labute approximate surface area is 220 Å². The van der Waals surface area contributed by atoms with E-state index < -0.39 is 29.8 Å². The highest BCUT2D eigenvalue weighted by Gasteiger charge is 2.29. The van der Waals surface area contributed by atoms with Crippen molar-refractivity contribution in [1.29, 1.82) is 0 Å². The second kappa shape index (κ2) is 13.0. The first-order valence-corrected chi connectivity index (χ1v) is 12.4. The van der Waals surface area contributed by atoms with Crippen molar-refractivity contribution in [2.24, 2.45) is 11.8 Å². The van der Waals surface area contributed by atoms with Crippen molar-refractivity contribution in [1.82, 2.24) is 10.6 Å². The van der Waals surface area contributed by atoms with Gasteiger partial charge in [-0.1, -0.05) is 62.5 Å². The third-order valence-electron chi connectivity index (χ3n) is 5.06. The molecule has 4 N–H and O–H groups in total. The summed E-state index contributed by atoms with van der Waals surface area (Å²) in [6, 6.07) is 6.99. The molecule has 35 heavy (non-hydrogen) atoms. The molecule has 0 spiro atoms. The number of carbonyl (C=O) groups is 3. The van der Waals surface area contributed by atoms with Crippen LogP contribution < -0.4 is 16.0 Å². The number of benzene rings is 2. The fraction of sp³-hybridized carbons (Fsp3) is 0.400.